The number of nitrogens with two attached hydrogens (primary N) is 1. The number of hydrogen-bond donors (Lipinski definition) is 1. The highest BCUT2D eigenvalue weighted by Gasteiger charge is 2.24. The van der Waals surface area contributed by atoms with Crippen LogP contribution in [0.25, 0.3) is 11.5 Å². The molecule has 2 rings (SSSR count). The lowest BCUT2D eigenvalue weighted by molar-refractivity contribution is 0.419. The van der Waals surface area contributed by atoms with E-state index in [2.05, 4.69) is 10.1 Å². The zero-order chi connectivity index (χ0) is 14.2. The smallest absolute Gasteiger partial charge is 0.260 e. The second kappa shape index (κ2) is 4.61. The first kappa shape index (κ1) is 13.5. The van der Waals surface area contributed by atoms with Crippen LogP contribution >= 0.6 is 0 Å². The molecule has 19 heavy (non-hydrogen) atoms. The van der Waals surface area contributed by atoms with Crippen molar-refractivity contribution < 1.29 is 17.3 Å². The first-order valence-corrected chi connectivity index (χ1v) is 7.32. The fraction of sp³-hybridized carbons (Fsp3) is 0.273. The zero-order valence-electron chi connectivity index (χ0n) is 10.3. The maximum atomic E-state index is 13.7. The summed E-state index contributed by atoms with van der Waals surface area (Å²) >= 11 is 0. The first-order chi connectivity index (χ1) is 8.79. The van der Waals surface area contributed by atoms with Gasteiger partial charge in [0, 0.05) is 11.9 Å². The maximum Gasteiger partial charge on any atom is 0.260 e. The fourth-order valence-electron chi connectivity index (χ4n) is 1.41. The number of hydrogen-bond acceptors (Lipinski definition) is 6. The molecule has 0 saturated heterocycles. The molecule has 0 aliphatic carbocycles. The normalized spacial score (nSPS) is 13.4. The number of rotatable bonds is 3. The quantitative estimate of drug-likeness (QED) is 0.859. The molecule has 0 spiro atoms. The molecule has 6 nitrogen and oxygen atoms in total. The Morgan fingerprint density at radius 1 is 1.42 bits per heavy atom. The van der Waals surface area contributed by atoms with E-state index in [0.717, 1.165) is 12.3 Å². The van der Waals surface area contributed by atoms with Gasteiger partial charge >= 0.3 is 0 Å². The van der Waals surface area contributed by atoms with Crippen LogP contribution in [-0.2, 0) is 9.84 Å². The summed E-state index contributed by atoms with van der Waals surface area (Å²) < 4.78 is 41.3. The molecule has 8 heteroatoms. The third-order valence-electron chi connectivity index (χ3n) is 2.67. The van der Waals surface area contributed by atoms with Gasteiger partial charge in [-0.3, -0.25) is 0 Å². The molecule has 0 bridgehead atoms. The Morgan fingerprint density at radius 2 is 2.11 bits per heavy atom. The van der Waals surface area contributed by atoms with Crippen LogP contribution in [0.2, 0.25) is 0 Å². The predicted octanol–water partition coefficient (Wildman–Crippen LogP) is 1.56. The van der Waals surface area contributed by atoms with Gasteiger partial charge in [0.05, 0.1) is 5.56 Å². The molecule has 1 heterocycles. The Balaban J connectivity index is 2.41. The summed E-state index contributed by atoms with van der Waals surface area (Å²) in [7, 11) is -3.34. The number of halogens is 1. The van der Waals surface area contributed by atoms with Crippen LogP contribution in [0.15, 0.2) is 22.7 Å². The molecule has 0 radical (unpaired) electrons. The second-order valence-electron chi connectivity index (χ2n) is 4.17. The highest BCUT2D eigenvalue weighted by atomic mass is 32.2. The van der Waals surface area contributed by atoms with Crippen LogP contribution in [0.1, 0.15) is 18.0 Å². The zero-order valence-corrected chi connectivity index (χ0v) is 11.1. The van der Waals surface area contributed by atoms with Gasteiger partial charge in [-0.1, -0.05) is 5.16 Å². The molecule has 0 saturated carbocycles. The molecule has 1 aromatic carbocycles. The SMILES string of the molecule is CC(c1noc(-c2ccc(N)cc2F)n1)S(C)(=O)=O. The van der Waals surface area contributed by atoms with E-state index < -0.39 is 20.9 Å². The second-order valence-corrected chi connectivity index (χ2v) is 6.53. The average molecular weight is 285 g/mol. The summed E-state index contributed by atoms with van der Waals surface area (Å²) in [6, 6.07) is 4.01. The van der Waals surface area contributed by atoms with Gasteiger partial charge in [0.1, 0.15) is 11.1 Å². The molecule has 0 amide bonds. The maximum absolute atomic E-state index is 13.7. The van der Waals surface area contributed by atoms with Crippen LogP contribution in [0.3, 0.4) is 0 Å². The Kier molecular flexibility index (Phi) is 3.27. The molecular formula is C11H12FN3O3S. The van der Waals surface area contributed by atoms with Gasteiger partial charge in [-0.2, -0.15) is 4.98 Å². The first-order valence-electron chi connectivity index (χ1n) is 5.37. The fourth-order valence-corrected chi connectivity index (χ4v) is 1.88. The van der Waals surface area contributed by atoms with Gasteiger partial charge in [-0.15, -0.1) is 0 Å². The summed E-state index contributed by atoms with van der Waals surface area (Å²) in [5.41, 5.74) is 5.78. The molecular weight excluding hydrogens is 273 g/mol. The van der Waals surface area contributed by atoms with Crippen molar-refractivity contribution in [1.29, 1.82) is 0 Å². The van der Waals surface area contributed by atoms with E-state index in [1.165, 1.54) is 19.1 Å². The van der Waals surface area contributed by atoms with Crippen LogP contribution < -0.4 is 5.73 Å². The van der Waals surface area contributed by atoms with Crippen molar-refractivity contribution in [2.45, 2.75) is 12.2 Å². The van der Waals surface area contributed by atoms with E-state index >= 15 is 0 Å². The van der Waals surface area contributed by atoms with Gasteiger partial charge in [0.25, 0.3) is 5.89 Å². The predicted molar refractivity (Wildman–Crippen MR) is 67.4 cm³/mol. The van der Waals surface area contributed by atoms with Crippen LogP contribution in [0.5, 0.6) is 0 Å². The molecule has 2 aromatic rings. The number of benzene rings is 1. The number of sulfone groups is 1. The Bertz CT molecular complexity index is 712. The highest BCUT2D eigenvalue weighted by Crippen LogP contribution is 2.25. The number of anilines is 1. The monoisotopic (exact) mass is 285 g/mol. The van der Waals surface area contributed by atoms with Gasteiger partial charge in [0.2, 0.25) is 0 Å². The van der Waals surface area contributed by atoms with E-state index in [4.69, 9.17) is 10.3 Å². The third kappa shape index (κ3) is 2.73. The summed E-state index contributed by atoms with van der Waals surface area (Å²) in [6.45, 7) is 1.43. The van der Waals surface area contributed by atoms with Crippen LogP contribution in [0, 0.1) is 5.82 Å². The van der Waals surface area contributed by atoms with E-state index in [1.807, 2.05) is 0 Å². The molecule has 2 N–H and O–H groups in total. The average Bonchev–Trinajstić information content (AvgIpc) is 2.75. The van der Waals surface area contributed by atoms with E-state index in [0.29, 0.717) is 0 Å². The lowest BCUT2D eigenvalue weighted by atomic mass is 10.2. The molecule has 102 valence electrons. The van der Waals surface area contributed by atoms with Crippen LogP contribution in [0.4, 0.5) is 10.1 Å². The number of aromatic nitrogens is 2. The van der Waals surface area contributed by atoms with Crippen molar-refractivity contribution in [3.63, 3.8) is 0 Å². The number of nitrogens with zero attached hydrogens (tertiary/aromatic N) is 2. The van der Waals surface area contributed by atoms with Crippen LogP contribution in [-0.4, -0.2) is 24.8 Å². The largest absolute Gasteiger partial charge is 0.399 e. The molecule has 1 atom stereocenters. The molecule has 1 unspecified atom stereocenters. The van der Waals surface area contributed by atoms with E-state index in [9.17, 15) is 12.8 Å². The van der Waals surface area contributed by atoms with E-state index in [-0.39, 0.29) is 23.0 Å². The van der Waals surface area contributed by atoms with Crippen molar-refractivity contribution in [2.24, 2.45) is 0 Å². The Labute approximate surface area is 109 Å². The van der Waals surface area contributed by atoms with Gasteiger partial charge < -0.3 is 10.3 Å². The van der Waals surface area contributed by atoms with Gasteiger partial charge in [-0.25, -0.2) is 12.8 Å². The Hall–Kier alpha value is -1.96. The molecule has 0 aliphatic rings. The van der Waals surface area contributed by atoms with Crippen molar-refractivity contribution in [3.8, 4) is 11.5 Å². The summed E-state index contributed by atoms with van der Waals surface area (Å²) in [5, 5.41) is 2.64. The van der Waals surface area contributed by atoms with Crippen molar-refractivity contribution in [3.05, 3.63) is 29.8 Å². The molecule has 0 fully saturated rings. The number of nitrogen functional groups attached to an aromatic ring is 1. The topological polar surface area (TPSA) is 99.1 Å². The molecule has 1 aromatic heterocycles. The lowest BCUT2D eigenvalue weighted by Gasteiger charge is -2.02. The minimum absolute atomic E-state index is 0.00581. The standard InChI is InChI=1S/C11H12FN3O3S/c1-6(19(2,16)17)10-14-11(18-15-10)8-4-3-7(13)5-9(8)12/h3-6H,13H2,1-2H3. The summed E-state index contributed by atoms with van der Waals surface area (Å²) in [5.74, 6) is -0.695. The van der Waals surface area contributed by atoms with Gasteiger partial charge in [-0.05, 0) is 25.1 Å². The highest BCUT2D eigenvalue weighted by molar-refractivity contribution is 7.90. The van der Waals surface area contributed by atoms with E-state index in [1.54, 1.807) is 0 Å². The van der Waals surface area contributed by atoms with Crippen molar-refractivity contribution in [2.75, 3.05) is 12.0 Å². The molecule has 0 aliphatic heterocycles. The lowest BCUT2D eigenvalue weighted by Crippen LogP contribution is -2.09. The minimum atomic E-state index is -3.34. The summed E-state index contributed by atoms with van der Waals surface area (Å²) in [4.78, 5) is 3.90. The third-order valence-corrected chi connectivity index (χ3v) is 4.17. The minimum Gasteiger partial charge on any atom is -0.399 e. The summed E-state index contributed by atoms with van der Waals surface area (Å²) in [6.07, 6.45) is 1.07. The van der Waals surface area contributed by atoms with Gasteiger partial charge in [0.15, 0.2) is 15.7 Å². The Morgan fingerprint density at radius 3 is 2.68 bits per heavy atom. The van der Waals surface area contributed by atoms with Crippen molar-refractivity contribution >= 4 is 15.5 Å². The van der Waals surface area contributed by atoms with Crippen molar-refractivity contribution in [1.82, 2.24) is 10.1 Å².